The summed E-state index contributed by atoms with van der Waals surface area (Å²) in [5.74, 6) is 0.731. The molecule has 0 aliphatic heterocycles. The van der Waals surface area contributed by atoms with E-state index in [-0.39, 0.29) is 4.83 Å². The molecule has 0 bridgehead atoms. The summed E-state index contributed by atoms with van der Waals surface area (Å²) in [7, 11) is 0. The molecule has 1 aliphatic carbocycles. The maximum absolute atomic E-state index is 11.8. The van der Waals surface area contributed by atoms with E-state index in [4.69, 9.17) is 0 Å². The Morgan fingerprint density at radius 2 is 2.06 bits per heavy atom. The lowest BCUT2D eigenvalue weighted by Crippen LogP contribution is -2.18. The molecule has 2 heteroatoms. The van der Waals surface area contributed by atoms with Crippen LogP contribution in [0.25, 0.3) is 0 Å². The molecule has 0 saturated heterocycles. The lowest BCUT2D eigenvalue weighted by molar-refractivity contribution is -0.119. The van der Waals surface area contributed by atoms with Crippen molar-refractivity contribution in [3.8, 4) is 0 Å². The summed E-state index contributed by atoms with van der Waals surface area (Å²) in [6.07, 6.45) is 3.00. The minimum Gasteiger partial charge on any atom is -0.298 e. The first-order valence-electron chi connectivity index (χ1n) is 5.82. The molecular formula is C14H17BrO. The molecular weight excluding hydrogens is 264 g/mol. The maximum Gasteiger partial charge on any atom is 0.149 e. The van der Waals surface area contributed by atoms with E-state index in [0.29, 0.717) is 11.7 Å². The molecule has 0 heterocycles. The van der Waals surface area contributed by atoms with Gasteiger partial charge >= 0.3 is 0 Å². The van der Waals surface area contributed by atoms with Crippen molar-refractivity contribution in [2.24, 2.45) is 5.92 Å². The van der Waals surface area contributed by atoms with Crippen LogP contribution in [-0.4, -0.2) is 10.6 Å². The molecule has 0 spiro atoms. The van der Waals surface area contributed by atoms with E-state index in [2.05, 4.69) is 48.0 Å². The maximum atomic E-state index is 11.8. The summed E-state index contributed by atoms with van der Waals surface area (Å²) >= 11 is 3.51. The third kappa shape index (κ3) is 2.73. The van der Waals surface area contributed by atoms with Crippen LogP contribution in [0, 0.1) is 19.8 Å². The molecule has 16 heavy (non-hydrogen) atoms. The van der Waals surface area contributed by atoms with Gasteiger partial charge in [-0.25, -0.2) is 0 Å². The predicted molar refractivity (Wildman–Crippen MR) is 70.1 cm³/mol. The first kappa shape index (κ1) is 11.8. The van der Waals surface area contributed by atoms with Crippen molar-refractivity contribution < 1.29 is 4.79 Å². The Balaban J connectivity index is 2.02. The van der Waals surface area contributed by atoms with E-state index in [1.54, 1.807) is 0 Å². The zero-order valence-electron chi connectivity index (χ0n) is 9.79. The van der Waals surface area contributed by atoms with Gasteiger partial charge in [0.2, 0.25) is 0 Å². The molecule has 1 aliphatic rings. The standard InChI is InChI=1S/C14H17BrO/c1-9-3-4-11(7-10(9)2)8-13(15)14(16)12-5-6-12/h3-4,7,12-13H,5-6,8H2,1-2H3. The van der Waals surface area contributed by atoms with Crippen LogP contribution in [0.2, 0.25) is 0 Å². The molecule has 86 valence electrons. The van der Waals surface area contributed by atoms with Crippen LogP contribution in [0.4, 0.5) is 0 Å². The number of aryl methyl sites for hydroxylation is 2. The molecule has 0 N–H and O–H groups in total. The fraction of sp³-hybridized carbons (Fsp3) is 0.500. The number of alkyl halides is 1. The molecule has 0 amide bonds. The highest BCUT2D eigenvalue weighted by molar-refractivity contribution is 9.10. The van der Waals surface area contributed by atoms with Crippen molar-refractivity contribution in [1.29, 1.82) is 0 Å². The van der Waals surface area contributed by atoms with E-state index in [9.17, 15) is 4.79 Å². The van der Waals surface area contributed by atoms with Crippen LogP contribution in [-0.2, 0) is 11.2 Å². The first-order valence-corrected chi connectivity index (χ1v) is 6.73. The quantitative estimate of drug-likeness (QED) is 0.771. The van der Waals surface area contributed by atoms with Gasteiger partial charge in [0.05, 0.1) is 4.83 Å². The Hall–Kier alpha value is -0.630. The third-order valence-electron chi connectivity index (χ3n) is 3.27. The van der Waals surface area contributed by atoms with Crippen LogP contribution in [0.1, 0.15) is 29.5 Å². The highest BCUT2D eigenvalue weighted by atomic mass is 79.9. The molecule has 1 aromatic carbocycles. The van der Waals surface area contributed by atoms with Gasteiger partial charge in [-0.15, -0.1) is 0 Å². The number of carbonyl (C=O) groups excluding carboxylic acids is 1. The minimum absolute atomic E-state index is 0.00195. The number of hydrogen-bond acceptors (Lipinski definition) is 1. The summed E-state index contributed by atoms with van der Waals surface area (Å²) in [5.41, 5.74) is 3.86. The number of benzene rings is 1. The van der Waals surface area contributed by atoms with Gasteiger partial charge in [-0.2, -0.15) is 0 Å². The van der Waals surface area contributed by atoms with E-state index in [1.807, 2.05) is 0 Å². The van der Waals surface area contributed by atoms with Crippen molar-refractivity contribution in [1.82, 2.24) is 0 Å². The second-order valence-corrected chi connectivity index (χ2v) is 5.87. The SMILES string of the molecule is Cc1ccc(CC(Br)C(=O)C2CC2)cc1C. The second-order valence-electron chi connectivity index (χ2n) is 4.77. The largest absolute Gasteiger partial charge is 0.298 e. The zero-order valence-corrected chi connectivity index (χ0v) is 11.4. The molecule has 1 fully saturated rings. The van der Waals surface area contributed by atoms with Gasteiger partial charge in [0, 0.05) is 5.92 Å². The summed E-state index contributed by atoms with van der Waals surface area (Å²) in [6.45, 7) is 4.23. The summed E-state index contributed by atoms with van der Waals surface area (Å²) in [5, 5.41) is 0. The van der Waals surface area contributed by atoms with Gasteiger partial charge in [-0.3, -0.25) is 4.79 Å². The Morgan fingerprint density at radius 1 is 1.38 bits per heavy atom. The van der Waals surface area contributed by atoms with Gasteiger partial charge in [0.1, 0.15) is 5.78 Å². The van der Waals surface area contributed by atoms with Gasteiger partial charge in [-0.05, 0) is 49.8 Å². The molecule has 0 aromatic heterocycles. The fourth-order valence-electron chi connectivity index (χ4n) is 1.86. The molecule has 1 aromatic rings. The van der Waals surface area contributed by atoms with Gasteiger partial charge < -0.3 is 0 Å². The third-order valence-corrected chi connectivity index (χ3v) is 4.05. The van der Waals surface area contributed by atoms with Crippen LogP contribution in [0.5, 0.6) is 0 Å². The van der Waals surface area contributed by atoms with E-state index in [0.717, 1.165) is 19.3 Å². The smallest absolute Gasteiger partial charge is 0.149 e. The van der Waals surface area contributed by atoms with E-state index in [1.165, 1.54) is 16.7 Å². The van der Waals surface area contributed by atoms with Gasteiger partial charge in [-0.1, -0.05) is 34.1 Å². The van der Waals surface area contributed by atoms with Crippen LogP contribution in [0.15, 0.2) is 18.2 Å². The molecule has 2 rings (SSSR count). The first-order chi connectivity index (χ1) is 7.58. The van der Waals surface area contributed by atoms with E-state index >= 15 is 0 Å². The minimum atomic E-state index is 0.00195. The van der Waals surface area contributed by atoms with Crippen molar-refractivity contribution in [3.05, 3.63) is 34.9 Å². The average Bonchev–Trinajstić information content (AvgIpc) is 3.06. The molecule has 1 atom stereocenters. The number of Topliss-reactive ketones (excluding diaryl/α,β-unsaturated/α-hetero) is 1. The van der Waals surface area contributed by atoms with Gasteiger partial charge in [0.25, 0.3) is 0 Å². The number of halogens is 1. The second kappa shape index (κ2) is 4.70. The Kier molecular flexibility index (Phi) is 3.48. The number of carbonyl (C=O) groups is 1. The molecule has 1 saturated carbocycles. The normalized spacial score (nSPS) is 17.2. The number of rotatable bonds is 4. The highest BCUT2D eigenvalue weighted by Crippen LogP contribution is 2.33. The predicted octanol–water partition coefficient (Wildman–Crippen LogP) is 3.59. The molecule has 1 nitrogen and oxygen atoms in total. The lowest BCUT2D eigenvalue weighted by atomic mass is 10.0. The van der Waals surface area contributed by atoms with E-state index < -0.39 is 0 Å². The average molecular weight is 281 g/mol. The fourth-order valence-corrected chi connectivity index (χ4v) is 2.61. The zero-order chi connectivity index (χ0) is 11.7. The van der Waals surface area contributed by atoms with Crippen LogP contribution < -0.4 is 0 Å². The summed E-state index contributed by atoms with van der Waals surface area (Å²) < 4.78 is 0. The number of ketones is 1. The monoisotopic (exact) mass is 280 g/mol. The summed E-state index contributed by atoms with van der Waals surface area (Å²) in [6, 6.07) is 6.44. The highest BCUT2D eigenvalue weighted by Gasteiger charge is 2.33. The van der Waals surface area contributed by atoms with Crippen molar-refractivity contribution in [3.63, 3.8) is 0 Å². The van der Waals surface area contributed by atoms with Gasteiger partial charge in [0.15, 0.2) is 0 Å². The van der Waals surface area contributed by atoms with Crippen molar-refractivity contribution in [2.45, 2.75) is 37.9 Å². The van der Waals surface area contributed by atoms with Crippen LogP contribution >= 0.6 is 15.9 Å². The Morgan fingerprint density at radius 3 is 2.62 bits per heavy atom. The van der Waals surface area contributed by atoms with Crippen molar-refractivity contribution in [2.75, 3.05) is 0 Å². The van der Waals surface area contributed by atoms with Crippen LogP contribution in [0.3, 0.4) is 0 Å². The number of hydrogen-bond donors (Lipinski definition) is 0. The van der Waals surface area contributed by atoms with Crippen molar-refractivity contribution >= 4 is 21.7 Å². The molecule has 1 unspecified atom stereocenters. The lowest BCUT2D eigenvalue weighted by Gasteiger charge is -2.09. The topological polar surface area (TPSA) is 17.1 Å². The Labute approximate surface area is 105 Å². The molecule has 0 radical (unpaired) electrons. The Bertz CT molecular complexity index is 407. The summed E-state index contributed by atoms with van der Waals surface area (Å²) in [4.78, 5) is 11.8.